The summed E-state index contributed by atoms with van der Waals surface area (Å²) in [4.78, 5) is 28.8. The maximum Gasteiger partial charge on any atom is 0.416 e. The molecule has 0 bridgehead atoms. The predicted octanol–water partition coefficient (Wildman–Crippen LogP) is 6.33. The summed E-state index contributed by atoms with van der Waals surface area (Å²) in [6.45, 7) is 1.01. The number of carbonyl (C=O) groups is 2. The molecule has 0 saturated carbocycles. The third kappa shape index (κ3) is 8.64. The van der Waals surface area contributed by atoms with Crippen LogP contribution in [-0.2, 0) is 38.8 Å². The monoisotopic (exact) mass is 657 g/mol. The Labute approximate surface area is 265 Å². The van der Waals surface area contributed by atoms with Crippen LogP contribution in [0.3, 0.4) is 0 Å². The summed E-state index contributed by atoms with van der Waals surface area (Å²) >= 11 is 6.06. The quantitative estimate of drug-likeness (QED) is 0.193. The molecule has 0 aromatic heterocycles. The first-order valence-electron chi connectivity index (χ1n) is 14.0. The lowest BCUT2D eigenvalue weighted by Crippen LogP contribution is -2.53. The number of anilines is 1. The normalized spacial score (nSPS) is 12.3. The molecule has 0 fully saturated rings. The fourth-order valence-electron chi connectivity index (χ4n) is 4.72. The number of hydrogen-bond donors (Lipinski definition) is 1. The summed E-state index contributed by atoms with van der Waals surface area (Å²) < 4.78 is 69.6. The highest BCUT2D eigenvalue weighted by Gasteiger charge is 2.36. The summed E-state index contributed by atoms with van der Waals surface area (Å²) in [7, 11) is -4.54. The number of nitrogens with one attached hydrogen (secondary N) is 1. The van der Waals surface area contributed by atoms with E-state index in [4.69, 9.17) is 11.6 Å². The van der Waals surface area contributed by atoms with Crippen molar-refractivity contribution in [2.24, 2.45) is 0 Å². The zero-order valence-electron chi connectivity index (χ0n) is 24.2. The molecule has 0 radical (unpaired) electrons. The van der Waals surface area contributed by atoms with Crippen LogP contribution in [0, 0.1) is 0 Å². The summed E-state index contributed by atoms with van der Waals surface area (Å²) in [6.07, 6.45) is -4.66. The van der Waals surface area contributed by atoms with Crippen molar-refractivity contribution >= 4 is 39.1 Å². The van der Waals surface area contributed by atoms with E-state index in [9.17, 15) is 31.2 Å². The van der Waals surface area contributed by atoms with Crippen molar-refractivity contribution in [3.05, 3.63) is 131 Å². The smallest absolute Gasteiger partial charge is 0.355 e. The fourth-order valence-corrected chi connectivity index (χ4v) is 6.27. The molecular formula is C33H31ClF3N3O4S. The minimum absolute atomic E-state index is 0.0982. The molecule has 0 aliphatic heterocycles. The zero-order chi connectivity index (χ0) is 32.6. The van der Waals surface area contributed by atoms with Crippen molar-refractivity contribution in [2.45, 2.75) is 37.0 Å². The van der Waals surface area contributed by atoms with Crippen molar-refractivity contribution in [3.63, 3.8) is 0 Å². The van der Waals surface area contributed by atoms with E-state index in [1.165, 1.54) is 35.2 Å². The second kappa shape index (κ2) is 14.6. The van der Waals surface area contributed by atoms with Gasteiger partial charge in [0.1, 0.15) is 12.6 Å². The van der Waals surface area contributed by atoms with Gasteiger partial charge in [0, 0.05) is 24.5 Å². The first-order chi connectivity index (χ1) is 21.4. The Kier molecular flexibility index (Phi) is 10.9. The molecule has 4 rings (SSSR count). The van der Waals surface area contributed by atoms with Crippen molar-refractivity contribution < 1.29 is 31.2 Å². The summed E-state index contributed by atoms with van der Waals surface area (Å²) in [5.41, 5.74) is -0.0879. The van der Waals surface area contributed by atoms with Gasteiger partial charge in [-0.15, -0.1) is 0 Å². The molecule has 0 unspecified atom stereocenters. The molecule has 2 amide bonds. The van der Waals surface area contributed by atoms with E-state index in [1.54, 1.807) is 61.5 Å². The van der Waals surface area contributed by atoms with Crippen LogP contribution in [-0.4, -0.2) is 44.3 Å². The number of hydrogen-bond acceptors (Lipinski definition) is 4. The number of benzene rings is 4. The minimum atomic E-state index is -4.76. The largest absolute Gasteiger partial charge is 0.416 e. The van der Waals surface area contributed by atoms with Gasteiger partial charge in [0.05, 0.1) is 16.1 Å². The highest BCUT2D eigenvalue weighted by Crippen LogP contribution is 2.33. The summed E-state index contributed by atoms with van der Waals surface area (Å²) in [6, 6.07) is 25.4. The van der Waals surface area contributed by atoms with Gasteiger partial charge in [-0.2, -0.15) is 13.2 Å². The molecule has 4 aromatic carbocycles. The Morgan fingerprint density at radius 3 is 2.07 bits per heavy atom. The van der Waals surface area contributed by atoms with Gasteiger partial charge < -0.3 is 10.2 Å². The van der Waals surface area contributed by atoms with Gasteiger partial charge in [-0.1, -0.05) is 78.3 Å². The predicted molar refractivity (Wildman–Crippen MR) is 167 cm³/mol. The van der Waals surface area contributed by atoms with E-state index in [0.29, 0.717) is 21.0 Å². The lowest BCUT2D eigenvalue weighted by atomic mass is 10.0. The zero-order valence-corrected chi connectivity index (χ0v) is 25.8. The number of sulfonamides is 1. The van der Waals surface area contributed by atoms with Gasteiger partial charge in [0.25, 0.3) is 10.0 Å². The molecule has 0 aliphatic carbocycles. The van der Waals surface area contributed by atoms with Crippen LogP contribution in [0.15, 0.2) is 114 Å². The highest BCUT2D eigenvalue weighted by molar-refractivity contribution is 7.92. The number of likely N-dealkylation sites (N-methyl/N-ethyl adjacent to an activating group) is 1. The molecule has 7 nitrogen and oxygen atoms in total. The molecule has 0 saturated heterocycles. The first-order valence-corrected chi connectivity index (χ1v) is 15.8. The van der Waals surface area contributed by atoms with Crippen molar-refractivity contribution in [3.8, 4) is 0 Å². The van der Waals surface area contributed by atoms with Gasteiger partial charge in [0.2, 0.25) is 11.8 Å². The van der Waals surface area contributed by atoms with Crippen LogP contribution in [0.1, 0.15) is 23.6 Å². The van der Waals surface area contributed by atoms with Crippen molar-refractivity contribution in [1.29, 1.82) is 0 Å². The van der Waals surface area contributed by atoms with Gasteiger partial charge in [-0.3, -0.25) is 13.9 Å². The van der Waals surface area contributed by atoms with Gasteiger partial charge in [-0.25, -0.2) is 8.42 Å². The van der Waals surface area contributed by atoms with E-state index in [2.05, 4.69) is 5.32 Å². The molecule has 45 heavy (non-hydrogen) atoms. The third-order valence-electron chi connectivity index (χ3n) is 6.96. The van der Waals surface area contributed by atoms with E-state index < -0.39 is 46.2 Å². The molecule has 4 aromatic rings. The van der Waals surface area contributed by atoms with Crippen molar-refractivity contribution in [1.82, 2.24) is 10.2 Å². The topological polar surface area (TPSA) is 86.8 Å². The number of carbonyl (C=O) groups excluding carboxylic acids is 2. The maximum absolute atomic E-state index is 14.3. The van der Waals surface area contributed by atoms with Gasteiger partial charge >= 0.3 is 6.18 Å². The standard InChI is InChI=1S/C33H31ClF3N3O4S/c1-2-38-32(42)30(20-24-10-5-3-6-11-24)39(22-25-16-18-27(34)19-17-25)31(41)23-40(45(43,44)29-14-7-4-8-15-29)28-13-9-12-26(21-28)33(35,36)37/h3-19,21,30H,2,20,22-23H2,1H3,(H,38,42)/t30-/m0/s1. The van der Waals surface area contributed by atoms with Crippen LogP contribution in [0.25, 0.3) is 0 Å². The van der Waals surface area contributed by atoms with E-state index in [-0.39, 0.29) is 30.1 Å². The van der Waals surface area contributed by atoms with Crippen LogP contribution >= 0.6 is 11.6 Å². The lowest BCUT2D eigenvalue weighted by molar-refractivity contribution is -0.140. The Hall–Kier alpha value is -4.35. The van der Waals surface area contributed by atoms with E-state index in [1.807, 2.05) is 6.07 Å². The summed E-state index contributed by atoms with van der Waals surface area (Å²) in [5, 5.41) is 3.20. The first kappa shape index (κ1) is 33.5. The van der Waals surface area contributed by atoms with Crippen LogP contribution in [0.4, 0.5) is 18.9 Å². The summed E-state index contributed by atoms with van der Waals surface area (Å²) in [5.74, 6) is -1.27. The number of rotatable bonds is 12. The van der Waals surface area contributed by atoms with Crippen molar-refractivity contribution in [2.75, 3.05) is 17.4 Å². The highest BCUT2D eigenvalue weighted by atomic mass is 35.5. The molecule has 1 N–H and O–H groups in total. The SMILES string of the molecule is CCNC(=O)[C@H](Cc1ccccc1)N(Cc1ccc(Cl)cc1)C(=O)CN(c1cccc(C(F)(F)F)c1)S(=O)(=O)c1ccccc1. The number of halogens is 4. The average molecular weight is 658 g/mol. The van der Waals surface area contributed by atoms with Crippen LogP contribution in [0.2, 0.25) is 5.02 Å². The molecule has 0 heterocycles. The number of nitrogens with zero attached hydrogens (tertiary/aromatic N) is 2. The molecule has 236 valence electrons. The Morgan fingerprint density at radius 2 is 1.47 bits per heavy atom. The Bertz CT molecular complexity index is 1700. The van der Waals surface area contributed by atoms with E-state index in [0.717, 1.165) is 17.7 Å². The fraction of sp³-hybridized carbons (Fsp3) is 0.212. The minimum Gasteiger partial charge on any atom is -0.355 e. The maximum atomic E-state index is 14.3. The molecular weight excluding hydrogens is 627 g/mol. The Balaban J connectivity index is 1.82. The van der Waals surface area contributed by atoms with Gasteiger partial charge in [-0.05, 0) is 60.5 Å². The second-order valence-corrected chi connectivity index (χ2v) is 12.4. The van der Waals surface area contributed by atoms with Crippen LogP contribution < -0.4 is 9.62 Å². The molecule has 1 atom stereocenters. The number of amides is 2. The molecule has 0 aliphatic rings. The van der Waals surface area contributed by atoms with Crippen LogP contribution in [0.5, 0.6) is 0 Å². The number of alkyl halides is 3. The average Bonchev–Trinajstić information content (AvgIpc) is 3.03. The third-order valence-corrected chi connectivity index (χ3v) is 9.00. The Morgan fingerprint density at radius 1 is 0.844 bits per heavy atom. The van der Waals surface area contributed by atoms with Gasteiger partial charge in [0.15, 0.2) is 0 Å². The lowest BCUT2D eigenvalue weighted by Gasteiger charge is -2.34. The van der Waals surface area contributed by atoms with E-state index >= 15 is 0 Å². The molecule has 12 heteroatoms. The second-order valence-electron chi connectivity index (χ2n) is 10.1. The molecule has 0 spiro atoms.